The first kappa shape index (κ1) is 13.4. The number of anilines is 1. The lowest BCUT2D eigenvalue weighted by Crippen LogP contribution is -2.44. The Hall–Kier alpha value is -1.55. The van der Waals surface area contributed by atoms with Crippen molar-refractivity contribution in [2.24, 2.45) is 0 Å². The Morgan fingerprint density at radius 1 is 1.35 bits per heavy atom. The SMILES string of the molecule is CC(=O)NC1CCN(c2cccc3c2CCNC3)CC1. The Kier molecular flexibility index (Phi) is 3.92. The van der Waals surface area contributed by atoms with E-state index < -0.39 is 0 Å². The summed E-state index contributed by atoms with van der Waals surface area (Å²) in [5.74, 6) is 0.0895. The molecule has 1 aromatic rings. The molecule has 0 bridgehead atoms. The highest BCUT2D eigenvalue weighted by atomic mass is 16.1. The van der Waals surface area contributed by atoms with E-state index in [2.05, 4.69) is 33.7 Å². The normalized spacial score (nSPS) is 19.6. The molecule has 0 unspecified atom stereocenters. The highest BCUT2D eigenvalue weighted by molar-refractivity contribution is 5.73. The summed E-state index contributed by atoms with van der Waals surface area (Å²) in [6.07, 6.45) is 3.21. The number of benzene rings is 1. The zero-order chi connectivity index (χ0) is 13.9. The average molecular weight is 273 g/mol. The second kappa shape index (κ2) is 5.83. The Labute approximate surface area is 120 Å². The smallest absolute Gasteiger partial charge is 0.217 e. The molecule has 1 aromatic carbocycles. The fraction of sp³-hybridized carbons (Fsp3) is 0.562. The number of carbonyl (C=O) groups excluding carboxylic acids is 1. The summed E-state index contributed by atoms with van der Waals surface area (Å²) in [5.41, 5.74) is 4.37. The van der Waals surface area contributed by atoms with Gasteiger partial charge >= 0.3 is 0 Å². The van der Waals surface area contributed by atoms with E-state index in [0.29, 0.717) is 6.04 Å². The van der Waals surface area contributed by atoms with Gasteiger partial charge in [-0.2, -0.15) is 0 Å². The van der Waals surface area contributed by atoms with Crippen LogP contribution in [-0.2, 0) is 17.8 Å². The van der Waals surface area contributed by atoms with Gasteiger partial charge in [-0.25, -0.2) is 0 Å². The Balaban J connectivity index is 1.71. The number of hydrogen-bond acceptors (Lipinski definition) is 3. The van der Waals surface area contributed by atoms with E-state index in [1.54, 1.807) is 6.92 Å². The first-order chi connectivity index (χ1) is 9.74. The molecular formula is C16H23N3O. The van der Waals surface area contributed by atoms with Crippen LogP contribution >= 0.6 is 0 Å². The van der Waals surface area contributed by atoms with Crippen molar-refractivity contribution in [3.8, 4) is 0 Å². The fourth-order valence-corrected chi connectivity index (χ4v) is 3.36. The maximum atomic E-state index is 11.1. The van der Waals surface area contributed by atoms with E-state index in [-0.39, 0.29) is 5.91 Å². The standard InChI is InChI=1S/C16H23N3O/c1-12(20)18-14-6-9-19(10-7-14)16-4-2-3-13-11-17-8-5-15(13)16/h2-4,14,17H,5-11H2,1H3,(H,18,20). The Morgan fingerprint density at radius 2 is 2.15 bits per heavy atom. The third-order valence-corrected chi connectivity index (χ3v) is 4.36. The molecule has 1 amide bonds. The van der Waals surface area contributed by atoms with Crippen LogP contribution in [0.2, 0.25) is 0 Å². The monoisotopic (exact) mass is 273 g/mol. The van der Waals surface area contributed by atoms with E-state index >= 15 is 0 Å². The average Bonchev–Trinajstić information content (AvgIpc) is 2.47. The van der Waals surface area contributed by atoms with Crippen LogP contribution in [0.4, 0.5) is 5.69 Å². The predicted molar refractivity (Wildman–Crippen MR) is 80.9 cm³/mol. The number of carbonyl (C=O) groups is 1. The Bertz CT molecular complexity index is 492. The van der Waals surface area contributed by atoms with E-state index in [9.17, 15) is 4.79 Å². The number of rotatable bonds is 2. The van der Waals surface area contributed by atoms with Crippen LogP contribution < -0.4 is 15.5 Å². The van der Waals surface area contributed by atoms with Gasteiger partial charge in [-0.15, -0.1) is 0 Å². The quantitative estimate of drug-likeness (QED) is 0.857. The van der Waals surface area contributed by atoms with Crippen LogP contribution in [-0.4, -0.2) is 31.6 Å². The lowest BCUT2D eigenvalue weighted by atomic mass is 9.96. The van der Waals surface area contributed by atoms with Gasteiger partial charge in [-0.05, 0) is 43.0 Å². The molecule has 0 atom stereocenters. The second-order valence-corrected chi connectivity index (χ2v) is 5.80. The summed E-state index contributed by atoms with van der Waals surface area (Å²) in [6.45, 7) is 5.74. The van der Waals surface area contributed by atoms with Gasteiger partial charge < -0.3 is 15.5 Å². The molecule has 0 aromatic heterocycles. The first-order valence-corrected chi connectivity index (χ1v) is 7.57. The molecule has 108 valence electrons. The van der Waals surface area contributed by atoms with Crippen molar-refractivity contribution in [2.75, 3.05) is 24.5 Å². The van der Waals surface area contributed by atoms with Crippen molar-refractivity contribution in [1.29, 1.82) is 0 Å². The lowest BCUT2D eigenvalue weighted by Gasteiger charge is -2.36. The molecule has 2 aliphatic heterocycles. The summed E-state index contributed by atoms with van der Waals surface area (Å²) in [7, 11) is 0. The molecule has 1 fully saturated rings. The summed E-state index contributed by atoms with van der Waals surface area (Å²) in [4.78, 5) is 13.6. The van der Waals surface area contributed by atoms with Gasteiger partial charge in [0.05, 0.1) is 0 Å². The van der Waals surface area contributed by atoms with Crippen LogP contribution in [0.15, 0.2) is 18.2 Å². The first-order valence-electron chi connectivity index (χ1n) is 7.57. The minimum absolute atomic E-state index is 0.0895. The summed E-state index contributed by atoms with van der Waals surface area (Å²) in [6, 6.07) is 7.00. The molecule has 4 nitrogen and oxygen atoms in total. The molecule has 2 aliphatic rings. The zero-order valence-electron chi connectivity index (χ0n) is 12.1. The van der Waals surface area contributed by atoms with Crippen molar-refractivity contribution in [1.82, 2.24) is 10.6 Å². The van der Waals surface area contributed by atoms with E-state index in [4.69, 9.17) is 0 Å². The highest BCUT2D eigenvalue weighted by Crippen LogP contribution is 2.28. The third-order valence-electron chi connectivity index (χ3n) is 4.36. The minimum atomic E-state index is 0.0895. The fourth-order valence-electron chi connectivity index (χ4n) is 3.36. The molecule has 0 saturated carbocycles. The van der Waals surface area contributed by atoms with Crippen LogP contribution in [0.5, 0.6) is 0 Å². The molecule has 4 heteroatoms. The molecule has 3 rings (SSSR count). The van der Waals surface area contributed by atoms with Gasteiger partial charge in [0, 0.05) is 38.3 Å². The molecule has 20 heavy (non-hydrogen) atoms. The molecule has 0 radical (unpaired) electrons. The van der Waals surface area contributed by atoms with Crippen molar-refractivity contribution >= 4 is 11.6 Å². The van der Waals surface area contributed by atoms with Gasteiger partial charge in [0.1, 0.15) is 0 Å². The molecule has 2 N–H and O–H groups in total. The number of piperidine rings is 1. The topological polar surface area (TPSA) is 44.4 Å². The number of nitrogens with one attached hydrogen (secondary N) is 2. The van der Waals surface area contributed by atoms with E-state index in [1.165, 1.54) is 16.8 Å². The molecule has 0 aliphatic carbocycles. The van der Waals surface area contributed by atoms with Crippen molar-refractivity contribution < 1.29 is 4.79 Å². The minimum Gasteiger partial charge on any atom is -0.371 e. The van der Waals surface area contributed by atoms with Gasteiger partial charge in [0.15, 0.2) is 0 Å². The number of fused-ring (bicyclic) bond motifs is 1. The maximum Gasteiger partial charge on any atom is 0.217 e. The van der Waals surface area contributed by atoms with Crippen LogP contribution in [0, 0.1) is 0 Å². The predicted octanol–water partition coefficient (Wildman–Crippen LogP) is 1.44. The largest absolute Gasteiger partial charge is 0.371 e. The van der Waals surface area contributed by atoms with Gasteiger partial charge in [0.2, 0.25) is 5.91 Å². The summed E-state index contributed by atoms with van der Waals surface area (Å²) >= 11 is 0. The zero-order valence-corrected chi connectivity index (χ0v) is 12.1. The molecular weight excluding hydrogens is 250 g/mol. The van der Waals surface area contributed by atoms with Gasteiger partial charge in [-0.1, -0.05) is 12.1 Å². The number of hydrogen-bond donors (Lipinski definition) is 2. The lowest BCUT2D eigenvalue weighted by molar-refractivity contribution is -0.119. The summed E-state index contributed by atoms with van der Waals surface area (Å²) in [5, 5.41) is 6.47. The van der Waals surface area contributed by atoms with E-state index in [0.717, 1.165) is 45.4 Å². The third kappa shape index (κ3) is 2.80. The van der Waals surface area contributed by atoms with Crippen molar-refractivity contribution in [2.45, 2.75) is 38.8 Å². The van der Waals surface area contributed by atoms with Crippen LogP contribution in [0.3, 0.4) is 0 Å². The van der Waals surface area contributed by atoms with Crippen LogP contribution in [0.25, 0.3) is 0 Å². The number of amides is 1. The van der Waals surface area contributed by atoms with Gasteiger partial charge in [-0.3, -0.25) is 4.79 Å². The Morgan fingerprint density at radius 3 is 2.90 bits per heavy atom. The van der Waals surface area contributed by atoms with E-state index in [1.807, 2.05) is 0 Å². The van der Waals surface area contributed by atoms with Gasteiger partial charge in [0.25, 0.3) is 0 Å². The number of nitrogens with zero attached hydrogens (tertiary/aromatic N) is 1. The maximum absolute atomic E-state index is 11.1. The second-order valence-electron chi connectivity index (χ2n) is 5.80. The van der Waals surface area contributed by atoms with Crippen molar-refractivity contribution in [3.05, 3.63) is 29.3 Å². The summed E-state index contributed by atoms with van der Waals surface area (Å²) < 4.78 is 0. The highest BCUT2D eigenvalue weighted by Gasteiger charge is 2.23. The van der Waals surface area contributed by atoms with Crippen LogP contribution in [0.1, 0.15) is 30.9 Å². The molecule has 1 saturated heterocycles. The molecule has 0 spiro atoms. The molecule has 2 heterocycles. The van der Waals surface area contributed by atoms with Crippen molar-refractivity contribution in [3.63, 3.8) is 0 Å².